The highest BCUT2D eigenvalue weighted by molar-refractivity contribution is 5.67. The summed E-state index contributed by atoms with van der Waals surface area (Å²) in [6.07, 6.45) is 6.20. The number of aryl methyl sites for hydroxylation is 1. The van der Waals surface area contributed by atoms with Crippen LogP contribution in [0.15, 0.2) is 54.6 Å². The van der Waals surface area contributed by atoms with E-state index in [0.29, 0.717) is 0 Å². The van der Waals surface area contributed by atoms with E-state index in [1.807, 2.05) is 23.9 Å². The van der Waals surface area contributed by atoms with E-state index >= 15 is 0 Å². The molecule has 0 bridgehead atoms. The smallest absolute Gasteiger partial charge is 0.239 e. The summed E-state index contributed by atoms with van der Waals surface area (Å²) < 4.78 is 4.20. The van der Waals surface area contributed by atoms with Gasteiger partial charge in [0.05, 0.1) is 7.05 Å². The van der Waals surface area contributed by atoms with Gasteiger partial charge in [0.1, 0.15) is 18.1 Å². The Morgan fingerprint density at radius 3 is 2.31 bits per heavy atom. The second-order valence-corrected chi connectivity index (χ2v) is 4.20. The van der Waals surface area contributed by atoms with Crippen LogP contribution in [0.2, 0.25) is 0 Å². The maximum Gasteiger partial charge on any atom is 0.248 e. The van der Waals surface area contributed by atoms with Crippen LogP contribution in [-0.4, -0.2) is 4.57 Å². The third kappa shape index (κ3) is 2.06. The lowest BCUT2D eigenvalue weighted by atomic mass is 10.1. The predicted molar refractivity (Wildman–Crippen MR) is 65.7 cm³/mol. The first-order chi connectivity index (χ1) is 7.68. The predicted octanol–water partition coefficient (Wildman–Crippen LogP) is 2.61. The van der Waals surface area contributed by atoms with E-state index in [4.69, 9.17) is 0 Å². The van der Waals surface area contributed by atoms with Gasteiger partial charge in [0.2, 0.25) is 6.33 Å². The molecule has 82 valence electrons. The van der Waals surface area contributed by atoms with Crippen molar-refractivity contribution in [3.05, 3.63) is 60.2 Å². The van der Waals surface area contributed by atoms with E-state index in [2.05, 4.69) is 55.2 Å². The van der Waals surface area contributed by atoms with Gasteiger partial charge in [-0.1, -0.05) is 30.3 Å². The van der Waals surface area contributed by atoms with Gasteiger partial charge < -0.3 is 0 Å². The number of rotatable bonds is 2. The largest absolute Gasteiger partial charge is 0.248 e. The van der Waals surface area contributed by atoms with Crippen LogP contribution in [-0.2, 0) is 7.05 Å². The molecule has 2 heteroatoms. The Balaban J connectivity index is 2.53. The lowest BCUT2D eigenvalue weighted by Crippen LogP contribution is -2.23. The van der Waals surface area contributed by atoms with Gasteiger partial charge in [0, 0.05) is 5.56 Å². The van der Waals surface area contributed by atoms with Crippen molar-refractivity contribution < 1.29 is 4.57 Å². The molecule has 16 heavy (non-hydrogen) atoms. The third-order valence-corrected chi connectivity index (χ3v) is 2.55. The molecule has 0 radical (unpaired) electrons. The average Bonchev–Trinajstić information content (AvgIpc) is 2.66. The molecule has 2 rings (SSSR count). The van der Waals surface area contributed by atoms with E-state index in [-0.39, 0.29) is 0 Å². The molecule has 0 aliphatic carbocycles. The van der Waals surface area contributed by atoms with Crippen LogP contribution in [0.25, 0.3) is 5.70 Å². The summed E-state index contributed by atoms with van der Waals surface area (Å²) >= 11 is 0. The Kier molecular flexibility index (Phi) is 2.91. The highest BCUT2D eigenvalue weighted by Crippen LogP contribution is 2.19. The highest BCUT2D eigenvalue weighted by Gasteiger charge is 2.11. The highest BCUT2D eigenvalue weighted by atomic mass is 15.1. The molecule has 0 atom stereocenters. The van der Waals surface area contributed by atoms with E-state index in [9.17, 15) is 0 Å². The Labute approximate surface area is 96.5 Å². The van der Waals surface area contributed by atoms with Crippen molar-refractivity contribution in [2.75, 3.05) is 0 Å². The molecule has 0 fully saturated rings. The van der Waals surface area contributed by atoms with Crippen LogP contribution in [0, 0.1) is 0 Å². The number of hydrogen-bond donors (Lipinski definition) is 0. The van der Waals surface area contributed by atoms with Crippen molar-refractivity contribution in [3.63, 3.8) is 0 Å². The summed E-state index contributed by atoms with van der Waals surface area (Å²) in [5.74, 6) is 0. The minimum Gasteiger partial charge on any atom is -0.239 e. The SMILES string of the molecule is CC(C)=C(c1ccccc1)n1cc[n+](C)c1. The quantitative estimate of drug-likeness (QED) is 0.678. The zero-order valence-electron chi connectivity index (χ0n) is 10.0. The molecule has 1 heterocycles. The molecule has 0 amide bonds. The summed E-state index contributed by atoms with van der Waals surface area (Å²) in [6.45, 7) is 4.28. The molecule has 0 spiro atoms. The molecule has 2 aromatic rings. The van der Waals surface area contributed by atoms with Crippen molar-refractivity contribution in [2.24, 2.45) is 7.05 Å². The fourth-order valence-corrected chi connectivity index (χ4v) is 1.87. The molecular formula is C14H17N2+. The summed E-state index contributed by atoms with van der Waals surface area (Å²) in [6, 6.07) is 10.5. The molecular weight excluding hydrogens is 196 g/mol. The first-order valence-corrected chi connectivity index (χ1v) is 5.45. The maximum atomic E-state index is 2.16. The topological polar surface area (TPSA) is 8.81 Å². The van der Waals surface area contributed by atoms with Gasteiger partial charge in [-0.25, -0.2) is 9.13 Å². The summed E-state index contributed by atoms with van der Waals surface area (Å²) in [5.41, 5.74) is 3.81. The van der Waals surface area contributed by atoms with E-state index in [1.54, 1.807) is 0 Å². The van der Waals surface area contributed by atoms with Crippen molar-refractivity contribution in [3.8, 4) is 0 Å². The monoisotopic (exact) mass is 213 g/mol. The van der Waals surface area contributed by atoms with Gasteiger partial charge in [0.25, 0.3) is 0 Å². The summed E-state index contributed by atoms with van der Waals surface area (Å²) in [7, 11) is 2.03. The zero-order chi connectivity index (χ0) is 11.5. The number of hydrogen-bond acceptors (Lipinski definition) is 0. The average molecular weight is 213 g/mol. The van der Waals surface area contributed by atoms with Crippen molar-refractivity contribution in [1.29, 1.82) is 0 Å². The van der Waals surface area contributed by atoms with Gasteiger partial charge in [-0.15, -0.1) is 0 Å². The summed E-state index contributed by atoms with van der Waals surface area (Å²) in [5, 5.41) is 0. The first-order valence-electron chi connectivity index (χ1n) is 5.45. The molecule has 0 saturated heterocycles. The molecule has 2 nitrogen and oxygen atoms in total. The maximum absolute atomic E-state index is 2.16. The number of aromatic nitrogens is 2. The minimum absolute atomic E-state index is 1.25. The first kappa shape index (κ1) is 10.7. The van der Waals surface area contributed by atoms with Gasteiger partial charge in [-0.3, -0.25) is 0 Å². The second kappa shape index (κ2) is 4.35. The van der Waals surface area contributed by atoms with Crippen molar-refractivity contribution in [1.82, 2.24) is 4.57 Å². The molecule has 1 aromatic carbocycles. The number of imidazole rings is 1. The molecule has 0 N–H and O–H groups in total. The number of nitrogens with zero attached hydrogens (tertiary/aromatic N) is 2. The fourth-order valence-electron chi connectivity index (χ4n) is 1.87. The number of allylic oxidation sites excluding steroid dienone is 1. The lowest BCUT2D eigenvalue weighted by Gasteiger charge is -2.05. The van der Waals surface area contributed by atoms with Gasteiger partial charge in [0.15, 0.2) is 0 Å². The normalized spacial score (nSPS) is 10.2. The molecule has 0 unspecified atom stereocenters. The van der Waals surface area contributed by atoms with E-state index in [0.717, 1.165) is 0 Å². The zero-order valence-corrected chi connectivity index (χ0v) is 10.0. The lowest BCUT2D eigenvalue weighted by molar-refractivity contribution is -0.670. The second-order valence-electron chi connectivity index (χ2n) is 4.20. The van der Waals surface area contributed by atoms with Crippen molar-refractivity contribution in [2.45, 2.75) is 13.8 Å². The molecule has 1 aromatic heterocycles. The van der Waals surface area contributed by atoms with Crippen LogP contribution >= 0.6 is 0 Å². The molecule has 0 saturated carbocycles. The standard InChI is InChI=1S/C14H17N2/c1-12(2)14(13-7-5-4-6-8-13)16-10-9-15(3)11-16/h4-11H,1-3H3/q+1. The van der Waals surface area contributed by atoms with Crippen LogP contribution in [0.1, 0.15) is 19.4 Å². The van der Waals surface area contributed by atoms with Crippen LogP contribution in [0.3, 0.4) is 0 Å². The van der Waals surface area contributed by atoms with E-state index < -0.39 is 0 Å². The Morgan fingerprint density at radius 2 is 1.81 bits per heavy atom. The van der Waals surface area contributed by atoms with Crippen molar-refractivity contribution >= 4 is 5.70 Å². The Bertz CT molecular complexity index is 503. The third-order valence-electron chi connectivity index (χ3n) is 2.55. The van der Waals surface area contributed by atoms with Gasteiger partial charge in [-0.2, -0.15) is 0 Å². The van der Waals surface area contributed by atoms with Gasteiger partial charge in [-0.05, 0) is 19.4 Å². The Morgan fingerprint density at radius 1 is 1.12 bits per heavy atom. The van der Waals surface area contributed by atoms with E-state index in [1.165, 1.54) is 16.8 Å². The minimum atomic E-state index is 1.25. The number of benzene rings is 1. The molecule has 0 aliphatic heterocycles. The van der Waals surface area contributed by atoms with Crippen LogP contribution in [0.4, 0.5) is 0 Å². The molecule has 0 aliphatic rings. The van der Waals surface area contributed by atoms with Gasteiger partial charge >= 0.3 is 0 Å². The fraction of sp³-hybridized carbons (Fsp3) is 0.214. The van der Waals surface area contributed by atoms with Crippen LogP contribution < -0.4 is 4.57 Å². The van der Waals surface area contributed by atoms with Crippen LogP contribution in [0.5, 0.6) is 0 Å². The summed E-state index contributed by atoms with van der Waals surface area (Å²) in [4.78, 5) is 0. The Hall–Kier alpha value is -1.83.